The molecule has 0 unspecified atom stereocenters. The first kappa shape index (κ1) is 20.2. The lowest BCUT2D eigenvalue weighted by atomic mass is 10.3. The van der Waals surface area contributed by atoms with Crippen molar-refractivity contribution >= 4 is 34.9 Å². The zero-order chi connectivity index (χ0) is 17.1. The maximum absolute atomic E-state index is 11.8. The summed E-state index contributed by atoms with van der Waals surface area (Å²) in [5, 5.41) is 1.67. The number of amides is 1. The van der Waals surface area contributed by atoms with Gasteiger partial charge in [-0.2, -0.15) is 0 Å². The van der Waals surface area contributed by atoms with Gasteiger partial charge in [-0.3, -0.25) is 9.59 Å². The highest BCUT2D eigenvalue weighted by atomic mass is 32.2. The number of thioether (sulfide) groups is 1. The van der Waals surface area contributed by atoms with Gasteiger partial charge < -0.3 is 19.5 Å². The molecule has 0 spiro atoms. The quantitative estimate of drug-likeness (QED) is 0.524. The Bertz CT molecular complexity index is 417. The summed E-state index contributed by atoms with van der Waals surface area (Å²) in [5.41, 5.74) is 0. The van der Waals surface area contributed by atoms with Crippen molar-refractivity contribution < 1.29 is 34.8 Å². The Morgan fingerprint density at radius 1 is 1.18 bits per heavy atom. The second kappa shape index (κ2) is 10.9. The molecule has 8 nitrogen and oxygen atoms in total. The van der Waals surface area contributed by atoms with Crippen LogP contribution in [0.4, 0.5) is 4.79 Å². The molecular weight excluding hydrogens is 314 g/mol. The molecule has 0 aliphatic carbocycles. The standard InChI is InChI=1S/C13H21NO7S.H2/c1-5-11(16)19-7-20-13(18)22-6-10(14-9(4)15)12(17)21-8(2)3;/h8,10H,5-7H2,1-4H3,(H,14,15);1H/t10-;/m0./s1. The van der Waals surface area contributed by atoms with Gasteiger partial charge in [-0.15, -0.1) is 0 Å². The fourth-order valence-electron chi connectivity index (χ4n) is 1.17. The van der Waals surface area contributed by atoms with E-state index in [1.165, 1.54) is 6.92 Å². The van der Waals surface area contributed by atoms with Crippen molar-refractivity contribution in [3.63, 3.8) is 0 Å². The van der Waals surface area contributed by atoms with Gasteiger partial charge in [0.2, 0.25) is 12.7 Å². The lowest BCUT2D eigenvalue weighted by Gasteiger charge is -2.17. The molecule has 1 atom stereocenters. The molecule has 9 heteroatoms. The first-order valence-electron chi connectivity index (χ1n) is 6.69. The summed E-state index contributed by atoms with van der Waals surface area (Å²) in [5.74, 6) is -1.60. The maximum Gasteiger partial charge on any atom is 0.370 e. The first-order valence-corrected chi connectivity index (χ1v) is 7.67. The average Bonchev–Trinajstić information content (AvgIpc) is 2.41. The van der Waals surface area contributed by atoms with Crippen molar-refractivity contribution in [2.45, 2.75) is 46.3 Å². The Kier molecular flexibility index (Phi) is 10.0. The summed E-state index contributed by atoms with van der Waals surface area (Å²) in [6.07, 6.45) is -0.162. The third kappa shape index (κ3) is 10.0. The van der Waals surface area contributed by atoms with Gasteiger partial charge >= 0.3 is 17.2 Å². The van der Waals surface area contributed by atoms with E-state index in [1.807, 2.05) is 0 Å². The summed E-state index contributed by atoms with van der Waals surface area (Å²) < 4.78 is 14.2. The van der Waals surface area contributed by atoms with Crippen molar-refractivity contribution in [2.24, 2.45) is 0 Å². The molecule has 128 valence electrons. The number of carbonyl (C=O) groups excluding carboxylic acids is 4. The Labute approximate surface area is 134 Å². The van der Waals surface area contributed by atoms with Gasteiger partial charge in [-0.25, -0.2) is 9.59 Å². The van der Waals surface area contributed by atoms with Crippen LogP contribution in [0.3, 0.4) is 0 Å². The van der Waals surface area contributed by atoms with Crippen LogP contribution in [0.2, 0.25) is 0 Å². The summed E-state index contributed by atoms with van der Waals surface area (Å²) >= 11 is 0.673. The lowest BCUT2D eigenvalue weighted by Crippen LogP contribution is -2.43. The topological polar surface area (TPSA) is 108 Å². The minimum atomic E-state index is -0.962. The summed E-state index contributed by atoms with van der Waals surface area (Å²) in [6.45, 7) is 5.72. The van der Waals surface area contributed by atoms with Crippen LogP contribution in [0.5, 0.6) is 0 Å². The third-order valence-corrected chi connectivity index (χ3v) is 2.92. The largest absolute Gasteiger partial charge is 0.461 e. The molecule has 0 fully saturated rings. The smallest absolute Gasteiger partial charge is 0.370 e. The van der Waals surface area contributed by atoms with Crippen molar-refractivity contribution in [2.75, 3.05) is 12.5 Å². The number of nitrogens with one attached hydrogen (secondary N) is 1. The second-order valence-corrected chi connectivity index (χ2v) is 5.39. The number of hydrogen-bond donors (Lipinski definition) is 1. The van der Waals surface area contributed by atoms with Gasteiger partial charge in [0, 0.05) is 20.5 Å². The van der Waals surface area contributed by atoms with Gasteiger partial charge in [0.1, 0.15) is 6.04 Å². The summed E-state index contributed by atoms with van der Waals surface area (Å²) in [6, 6.07) is -0.962. The fourth-order valence-corrected chi connectivity index (χ4v) is 1.82. The van der Waals surface area contributed by atoms with Crippen LogP contribution in [0.1, 0.15) is 35.5 Å². The normalized spacial score (nSPS) is 11.5. The molecule has 0 bridgehead atoms. The van der Waals surface area contributed by atoms with Crippen LogP contribution in [0, 0.1) is 0 Å². The van der Waals surface area contributed by atoms with Crippen LogP contribution < -0.4 is 5.32 Å². The lowest BCUT2D eigenvalue weighted by molar-refractivity contribution is -0.151. The molecule has 22 heavy (non-hydrogen) atoms. The predicted octanol–water partition coefficient (Wildman–Crippen LogP) is 1.47. The van der Waals surface area contributed by atoms with Crippen molar-refractivity contribution in [1.82, 2.24) is 5.32 Å². The molecule has 1 amide bonds. The first-order chi connectivity index (χ1) is 10.3. The molecule has 0 radical (unpaired) electrons. The molecule has 0 heterocycles. The Morgan fingerprint density at radius 3 is 2.32 bits per heavy atom. The zero-order valence-corrected chi connectivity index (χ0v) is 13.9. The van der Waals surface area contributed by atoms with E-state index in [0.717, 1.165) is 0 Å². The van der Waals surface area contributed by atoms with Crippen LogP contribution in [-0.2, 0) is 28.6 Å². The number of esters is 2. The fraction of sp³-hybridized carbons (Fsp3) is 0.692. The minimum Gasteiger partial charge on any atom is -0.461 e. The van der Waals surface area contributed by atoms with Crippen molar-refractivity contribution in [1.29, 1.82) is 0 Å². The number of hydrogen-bond acceptors (Lipinski definition) is 8. The third-order valence-electron chi connectivity index (χ3n) is 2.07. The van der Waals surface area contributed by atoms with Crippen LogP contribution in [0.25, 0.3) is 0 Å². The molecule has 0 aromatic heterocycles. The highest BCUT2D eigenvalue weighted by molar-refractivity contribution is 8.13. The van der Waals surface area contributed by atoms with Crippen LogP contribution in [-0.4, -0.2) is 47.8 Å². The summed E-state index contributed by atoms with van der Waals surface area (Å²) in [7, 11) is 0. The van der Waals surface area contributed by atoms with Gasteiger partial charge in [0.25, 0.3) is 0 Å². The van der Waals surface area contributed by atoms with Crippen molar-refractivity contribution in [3.8, 4) is 0 Å². The number of carbonyl (C=O) groups is 4. The molecule has 0 aromatic carbocycles. The van der Waals surface area contributed by atoms with Gasteiger partial charge in [-0.05, 0) is 25.6 Å². The molecule has 1 N–H and O–H groups in total. The van der Waals surface area contributed by atoms with E-state index in [-0.39, 0.29) is 19.7 Å². The van der Waals surface area contributed by atoms with E-state index >= 15 is 0 Å². The molecule has 0 aromatic rings. The van der Waals surface area contributed by atoms with Crippen molar-refractivity contribution in [3.05, 3.63) is 0 Å². The number of ether oxygens (including phenoxy) is 3. The molecule has 0 rings (SSSR count). The van der Waals surface area contributed by atoms with Gasteiger partial charge in [0.05, 0.1) is 6.10 Å². The highest BCUT2D eigenvalue weighted by Crippen LogP contribution is 2.09. The summed E-state index contributed by atoms with van der Waals surface area (Å²) in [4.78, 5) is 45.1. The molecule has 0 aliphatic heterocycles. The van der Waals surface area contributed by atoms with E-state index in [2.05, 4.69) is 14.8 Å². The maximum atomic E-state index is 11.8. The Hall–Kier alpha value is -1.77. The molecule has 0 aliphatic rings. The molecular formula is C13H23NO7S. The highest BCUT2D eigenvalue weighted by Gasteiger charge is 2.23. The molecule has 0 saturated heterocycles. The zero-order valence-electron chi connectivity index (χ0n) is 13.0. The SMILES string of the molecule is CCC(=O)OCOC(=O)SC[C@H](NC(C)=O)C(=O)OC(C)C.[HH]. The van der Waals surface area contributed by atoms with Crippen LogP contribution >= 0.6 is 11.8 Å². The predicted molar refractivity (Wildman–Crippen MR) is 81.1 cm³/mol. The monoisotopic (exact) mass is 337 g/mol. The molecule has 0 saturated carbocycles. The van der Waals surface area contributed by atoms with E-state index in [4.69, 9.17) is 4.74 Å². The second-order valence-electron chi connectivity index (χ2n) is 4.43. The van der Waals surface area contributed by atoms with E-state index in [1.54, 1.807) is 20.8 Å². The Morgan fingerprint density at radius 2 is 1.82 bits per heavy atom. The van der Waals surface area contributed by atoms with E-state index in [9.17, 15) is 19.2 Å². The Balaban J connectivity index is 0. The van der Waals surface area contributed by atoms with E-state index in [0.29, 0.717) is 11.8 Å². The van der Waals surface area contributed by atoms with Gasteiger partial charge in [0.15, 0.2) is 0 Å². The minimum absolute atomic E-state index is 0. The van der Waals surface area contributed by atoms with Crippen LogP contribution in [0.15, 0.2) is 0 Å². The van der Waals surface area contributed by atoms with Gasteiger partial charge in [-0.1, -0.05) is 6.92 Å². The average molecular weight is 337 g/mol. The number of rotatable bonds is 8. The van der Waals surface area contributed by atoms with E-state index < -0.39 is 36.0 Å².